The van der Waals surface area contributed by atoms with Crippen molar-refractivity contribution in [3.8, 4) is 16.9 Å². The van der Waals surface area contributed by atoms with Gasteiger partial charge in [-0.15, -0.1) is 0 Å². The molecule has 2 N–H and O–H groups in total. The summed E-state index contributed by atoms with van der Waals surface area (Å²) in [7, 11) is -3.34. The van der Waals surface area contributed by atoms with Crippen LogP contribution in [0, 0.1) is 0 Å². The molecule has 0 aliphatic heterocycles. The van der Waals surface area contributed by atoms with E-state index in [1.807, 2.05) is 36.4 Å². The van der Waals surface area contributed by atoms with Crippen LogP contribution in [0.1, 0.15) is 11.3 Å². The molecule has 4 aromatic rings. The minimum absolute atomic E-state index is 0.0282. The molecule has 0 fully saturated rings. The molecular weight excluding hydrogens is 505 g/mol. The van der Waals surface area contributed by atoms with Crippen molar-refractivity contribution >= 4 is 21.6 Å². The summed E-state index contributed by atoms with van der Waals surface area (Å²) < 4.78 is 64.0. The largest absolute Gasteiger partial charge is 0.416 e. The summed E-state index contributed by atoms with van der Waals surface area (Å²) in [6, 6.07) is 21.5. The normalized spacial score (nSPS) is 11.8. The van der Waals surface area contributed by atoms with Gasteiger partial charge in [0.2, 0.25) is 0 Å². The Kier molecular flexibility index (Phi) is 7.35. The summed E-state index contributed by atoms with van der Waals surface area (Å²) in [5.41, 5.74) is 2.16. The van der Waals surface area contributed by atoms with Crippen LogP contribution < -0.4 is 10.6 Å². The zero-order valence-corrected chi connectivity index (χ0v) is 20.5. The van der Waals surface area contributed by atoms with Crippen molar-refractivity contribution in [3.63, 3.8) is 0 Å². The lowest BCUT2D eigenvalue weighted by Gasteiger charge is -2.10. The second-order valence-corrected chi connectivity index (χ2v) is 10.3. The number of urea groups is 1. The highest BCUT2D eigenvalue weighted by molar-refractivity contribution is 7.90. The fraction of sp³-hybridized carbons (Fsp3) is 0.154. The van der Waals surface area contributed by atoms with Crippen LogP contribution >= 0.6 is 0 Å². The van der Waals surface area contributed by atoms with Crippen LogP contribution in [0.3, 0.4) is 0 Å². The Morgan fingerprint density at radius 1 is 0.946 bits per heavy atom. The minimum Gasteiger partial charge on any atom is -0.337 e. The van der Waals surface area contributed by atoms with E-state index in [0.29, 0.717) is 17.8 Å². The van der Waals surface area contributed by atoms with Crippen LogP contribution in [0.25, 0.3) is 16.9 Å². The molecule has 0 aliphatic carbocycles. The van der Waals surface area contributed by atoms with E-state index >= 15 is 0 Å². The third-order valence-corrected chi connectivity index (χ3v) is 6.58. The fourth-order valence-corrected chi connectivity index (χ4v) is 4.28. The Morgan fingerprint density at radius 2 is 1.65 bits per heavy atom. The lowest BCUT2D eigenvalue weighted by molar-refractivity contribution is -0.137. The maximum atomic E-state index is 12.9. The molecule has 0 aliphatic rings. The first-order chi connectivity index (χ1) is 17.5. The highest BCUT2D eigenvalue weighted by Gasteiger charge is 2.30. The Labute approximate surface area is 211 Å². The second kappa shape index (κ2) is 10.5. The SMILES string of the molecule is CS(=O)(=O)c1ccc(-n2nc(CCNC(=O)Nc3cccc(C(F)(F)F)c3)cc2-c2ccccc2)cc1. The van der Waals surface area contributed by atoms with Crippen molar-refractivity contribution in [3.05, 3.63) is 96.2 Å². The smallest absolute Gasteiger partial charge is 0.337 e. The van der Waals surface area contributed by atoms with Gasteiger partial charge in [0.05, 0.1) is 27.5 Å². The number of nitrogens with one attached hydrogen (secondary N) is 2. The number of nitrogens with zero attached hydrogens (tertiary/aromatic N) is 2. The van der Waals surface area contributed by atoms with Crippen LogP contribution in [0.5, 0.6) is 0 Å². The summed E-state index contributed by atoms with van der Waals surface area (Å²) >= 11 is 0. The van der Waals surface area contributed by atoms with Gasteiger partial charge in [0, 0.05) is 30.5 Å². The highest BCUT2D eigenvalue weighted by atomic mass is 32.2. The van der Waals surface area contributed by atoms with Gasteiger partial charge in [0.1, 0.15) is 0 Å². The zero-order valence-electron chi connectivity index (χ0n) is 19.7. The maximum Gasteiger partial charge on any atom is 0.416 e. The summed E-state index contributed by atoms with van der Waals surface area (Å²) in [4.78, 5) is 12.4. The van der Waals surface area contributed by atoms with Gasteiger partial charge in [-0.25, -0.2) is 17.9 Å². The molecule has 11 heteroatoms. The van der Waals surface area contributed by atoms with Crippen LogP contribution in [0.15, 0.2) is 89.8 Å². The van der Waals surface area contributed by atoms with E-state index in [1.54, 1.807) is 16.8 Å². The van der Waals surface area contributed by atoms with Crippen molar-refractivity contribution in [2.24, 2.45) is 0 Å². The van der Waals surface area contributed by atoms with Gasteiger partial charge in [0.15, 0.2) is 9.84 Å². The molecule has 1 aromatic heterocycles. The number of carbonyl (C=O) groups excluding carboxylic acids is 1. The van der Waals surface area contributed by atoms with Crippen LogP contribution in [0.4, 0.5) is 23.7 Å². The summed E-state index contributed by atoms with van der Waals surface area (Å²) in [6.45, 7) is 0.184. The Morgan fingerprint density at radius 3 is 2.30 bits per heavy atom. The lowest BCUT2D eigenvalue weighted by atomic mass is 10.1. The Bertz CT molecular complexity index is 1500. The quantitative estimate of drug-likeness (QED) is 0.339. The van der Waals surface area contributed by atoms with E-state index in [1.165, 1.54) is 24.3 Å². The number of sulfone groups is 1. The molecular formula is C26H23F3N4O3S. The monoisotopic (exact) mass is 528 g/mol. The predicted molar refractivity (Wildman–Crippen MR) is 134 cm³/mol. The van der Waals surface area contributed by atoms with Crippen molar-refractivity contribution in [2.45, 2.75) is 17.5 Å². The molecule has 37 heavy (non-hydrogen) atoms. The third-order valence-electron chi connectivity index (χ3n) is 5.45. The first-order valence-corrected chi connectivity index (χ1v) is 13.1. The Hall–Kier alpha value is -4.12. The van der Waals surface area contributed by atoms with Crippen LogP contribution in [0.2, 0.25) is 0 Å². The molecule has 0 atom stereocenters. The average Bonchev–Trinajstić information content (AvgIpc) is 3.28. The van der Waals surface area contributed by atoms with Gasteiger partial charge in [-0.2, -0.15) is 18.3 Å². The number of benzene rings is 3. The number of aromatic nitrogens is 2. The first-order valence-electron chi connectivity index (χ1n) is 11.2. The van der Waals surface area contributed by atoms with Crippen LogP contribution in [-0.4, -0.2) is 37.0 Å². The topological polar surface area (TPSA) is 93.1 Å². The van der Waals surface area contributed by atoms with Gasteiger partial charge >= 0.3 is 12.2 Å². The van der Waals surface area contributed by atoms with Gasteiger partial charge in [-0.1, -0.05) is 36.4 Å². The van der Waals surface area contributed by atoms with E-state index in [-0.39, 0.29) is 17.1 Å². The fourth-order valence-electron chi connectivity index (χ4n) is 3.65. The maximum absolute atomic E-state index is 12.9. The molecule has 0 spiro atoms. The third kappa shape index (κ3) is 6.56. The van der Waals surface area contributed by atoms with Crippen molar-refractivity contribution in [1.82, 2.24) is 15.1 Å². The molecule has 0 saturated carbocycles. The molecule has 192 valence electrons. The van der Waals surface area contributed by atoms with E-state index < -0.39 is 27.6 Å². The standard InChI is InChI=1S/C26H23F3N4O3S/c1-37(35,36)23-12-10-22(11-13-23)33-24(18-6-3-2-4-7-18)17-21(32-33)14-15-30-25(34)31-20-9-5-8-19(16-20)26(27,28)29/h2-13,16-17H,14-15H2,1H3,(H2,30,31,34). The average molecular weight is 529 g/mol. The van der Waals surface area contributed by atoms with Gasteiger partial charge in [0.25, 0.3) is 0 Å². The molecule has 0 bridgehead atoms. The molecule has 2 amide bonds. The van der Waals surface area contributed by atoms with Gasteiger partial charge in [-0.3, -0.25) is 0 Å². The number of amides is 2. The summed E-state index contributed by atoms with van der Waals surface area (Å²) in [5, 5.41) is 9.66. The minimum atomic E-state index is -4.51. The van der Waals surface area contributed by atoms with Gasteiger partial charge < -0.3 is 10.6 Å². The molecule has 0 saturated heterocycles. The van der Waals surface area contributed by atoms with Crippen molar-refractivity contribution < 1.29 is 26.4 Å². The number of rotatable bonds is 7. The number of halogens is 3. The number of alkyl halides is 3. The Balaban J connectivity index is 1.48. The molecule has 0 unspecified atom stereocenters. The predicted octanol–water partition coefficient (Wildman–Crippen LogP) is 5.33. The van der Waals surface area contributed by atoms with Crippen molar-refractivity contribution in [1.29, 1.82) is 0 Å². The van der Waals surface area contributed by atoms with E-state index in [2.05, 4.69) is 15.7 Å². The number of hydrogen-bond donors (Lipinski definition) is 2. The van der Waals surface area contributed by atoms with Crippen LogP contribution in [-0.2, 0) is 22.4 Å². The molecule has 1 heterocycles. The van der Waals surface area contributed by atoms with Crippen molar-refractivity contribution in [2.75, 3.05) is 18.1 Å². The summed E-state index contributed by atoms with van der Waals surface area (Å²) in [6.07, 6.45) is -3.02. The number of carbonyl (C=O) groups is 1. The molecule has 7 nitrogen and oxygen atoms in total. The van der Waals surface area contributed by atoms with E-state index in [4.69, 9.17) is 0 Å². The van der Waals surface area contributed by atoms with E-state index in [0.717, 1.165) is 29.6 Å². The highest BCUT2D eigenvalue weighted by Crippen LogP contribution is 2.30. The number of anilines is 1. The number of hydrogen-bond acceptors (Lipinski definition) is 4. The zero-order chi connectivity index (χ0) is 26.6. The summed E-state index contributed by atoms with van der Waals surface area (Å²) in [5.74, 6) is 0. The first kappa shape index (κ1) is 26.0. The lowest BCUT2D eigenvalue weighted by Crippen LogP contribution is -2.30. The van der Waals surface area contributed by atoms with E-state index in [9.17, 15) is 26.4 Å². The molecule has 3 aromatic carbocycles. The second-order valence-electron chi connectivity index (χ2n) is 8.27. The molecule has 0 radical (unpaired) electrons. The van der Waals surface area contributed by atoms with Gasteiger partial charge in [-0.05, 0) is 48.5 Å². The molecule has 4 rings (SSSR count).